The van der Waals surface area contributed by atoms with E-state index in [0.29, 0.717) is 6.42 Å². The molecular weight excluding hydrogens is 256 g/mol. The van der Waals surface area contributed by atoms with Gasteiger partial charge in [0.05, 0.1) is 0 Å². The molecule has 0 aliphatic heterocycles. The van der Waals surface area contributed by atoms with Gasteiger partial charge < -0.3 is 4.74 Å². The Morgan fingerprint density at radius 2 is 2.13 bits per heavy atom. The lowest BCUT2D eigenvalue weighted by Crippen LogP contribution is -2.18. The van der Waals surface area contributed by atoms with Gasteiger partial charge >= 0.3 is 5.97 Å². The molecule has 0 radical (unpaired) electrons. The zero-order chi connectivity index (χ0) is 10.9. The van der Waals surface area contributed by atoms with Crippen molar-refractivity contribution in [2.45, 2.75) is 51.0 Å². The summed E-state index contributed by atoms with van der Waals surface area (Å²) in [4.78, 5) is 11.4. The van der Waals surface area contributed by atoms with Crippen LogP contribution >= 0.6 is 15.9 Å². The van der Waals surface area contributed by atoms with Crippen molar-refractivity contribution in [3.05, 3.63) is 12.2 Å². The number of halogens is 1. The SMILES string of the molecule is O=C(CCCBr)OC1CCC=CCCC1. The lowest BCUT2D eigenvalue weighted by atomic mass is 10.0. The van der Waals surface area contributed by atoms with Gasteiger partial charge in [0.1, 0.15) is 6.10 Å². The monoisotopic (exact) mass is 274 g/mol. The van der Waals surface area contributed by atoms with E-state index in [4.69, 9.17) is 4.74 Å². The maximum atomic E-state index is 11.4. The minimum Gasteiger partial charge on any atom is -0.462 e. The molecule has 0 fully saturated rings. The first-order valence-corrected chi connectivity index (χ1v) is 6.85. The number of alkyl halides is 1. The van der Waals surface area contributed by atoms with Gasteiger partial charge in [0, 0.05) is 11.8 Å². The quantitative estimate of drug-likeness (QED) is 0.445. The van der Waals surface area contributed by atoms with Crippen LogP contribution in [0.1, 0.15) is 44.9 Å². The lowest BCUT2D eigenvalue weighted by Gasteiger charge is -2.18. The molecule has 1 aliphatic carbocycles. The Kier molecular flexibility index (Phi) is 6.73. The molecule has 0 heterocycles. The Bertz CT molecular complexity index is 214. The highest BCUT2D eigenvalue weighted by atomic mass is 79.9. The van der Waals surface area contributed by atoms with E-state index in [2.05, 4.69) is 28.1 Å². The number of hydrogen-bond acceptors (Lipinski definition) is 2. The van der Waals surface area contributed by atoms with Crippen LogP contribution in [0, 0.1) is 0 Å². The van der Waals surface area contributed by atoms with Crippen molar-refractivity contribution in [1.82, 2.24) is 0 Å². The molecule has 0 spiro atoms. The van der Waals surface area contributed by atoms with Gasteiger partial charge in [-0.3, -0.25) is 4.79 Å². The van der Waals surface area contributed by atoms with Crippen LogP contribution in [-0.2, 0) is 9.53 Å². The topological polar surface area (TPSA) is 26.3 Å². The van der Waals surface area contributed by atoms with Crippen molar-refractivity contribution in [2.75, 3.05) is 5.33 Å². The number of carbonyl (C=O) groups is 1. The molecule has 3 heteroatoms. The molecule has 0 saturated carbocycles. The highest BCUT2D eigenvalue weighted by Crippen LogP contribution is 2.16. The molecule has 86 valence electrons. The first-order chi connectivity index (χ1) is 7.33. The molecule has 0 aromatic heterocycles. The number of hydrogen-bond donors (Lipinski definition) is 0. The van der Waals surface area contributed by atoms with Crippen LogP contribution in [0.25, 0.3) is 0 Å². The van der Waals surface area contributed by atoms with Crippen LogP contribution < -0.4 is 0 Å². The van der Waals surface area contributed by atoms with Crippen molar-refractivity contribution in [2.24, 2.45) is 0 Å². The van der Waals surface area contributed by atoms with E-state index in [1.807, 2.05) is 0 Å². The van der Waals surface area contributed by atoms with Gasteiger partial charge in [-0.25, -0.2) is 0 Å². The second-order valence-electron chi connectivity index (χ2n) is 3.88. The molecule has 0 aromatic rings. The zero-order valence-corrected chi connectivity index (χ0v) is 10.7. The molecule has 0 bridgehead atoms. The van der Waals surface area contributed by atoms with Crippen LogP contribution in [0.4, 0.5) is 0 Å². The van der Waals surface area contributed by atoms with Gasteiger partial charge in [0.2, 0.25) is 0 Å². The van der Waals surface area contributed by atoms with Crippen LogP contribution in [0.5, 0.6) is 0 Å². The second kappa shape index (κ2) is 7.91. The normalized spacial score (nSPS) is 21.8. The molecule has 0 aromatic carbocycles. The molecule has 0 N–H and O–H groups in total. The second-order valence-corrected chi connectivity index (χ2v) is 4.68. The highest BCUT2D eigenvalue weighted by Gasteiger charge is 2.13. The number of rotatable bonds is 4. The minimum atomic E-state index is -0.0380. The number of carbonyl (C=O) groups excluding carboxylic acids is 1. The van der Waals surface area contributed by atoms with Gasteiger partial charge in [-0.05, 0) is 38.5 Å². The van der Waals surface area contributed by atoms with Crippen LogP contribution in [0.2, 0.25) is 0 Å². The van der Waals surface area contributed by atoms with E-state index in [1.165, 1.54) is 0 Å². The predicted octanol–water partition coefficient (Wildman–Crippen LogP) is 3.59. The fourth-order valence-electron chi connectivity index (χ4n) is 1.70. The summed E-state index contributed by atoms with van der Waals surface area (Å²) in [5.41, 5.74) is 0. The summed E-state index contributed by atoms with van der Waals surface area (Å²) >= 11 is 3.31. The largest absolute Gasteiger partial charge is 0.462 e. The van der Waals surface area contributed by atoms with E-state index in [1.54, 1.807) is 0 Å². The third kappa shape index (κ3) is 5.98. The summed E-state index contributed by atoms with van der Waals surface area (Å²) in [6.45, 7) is 0. The summed E-state index contributed by atoms with van der Waals surface area (Å²) in [6, 6.07) is 0. The van der Waals surface area contributed by atoms with Gasteiger partial charge in [-0.15, -0.1) is 0 Å². The van der Waals surface area contributed by atoms with E-state index < -0.39 is 0 Å². The van der Waals surface area contributed by atoms with Gasteiger partial charge in [0.25, 0.3) is 0 Å². The van der Waals surface area contributed by atoms with E-state index >= 15 is 0 Å². The Hall–Kier alpha value is -0.310. The molecule has 1 atom stereocenters. The van der Waals surface area contributed by atoms with Gasteiger partial charge in [-0.2, -0.15) is 0 Å². The number of esters is 1. The molecular formula is C12H19BrO2. The molecule has 0 saturated heterocycles. The maximum Gasteiger partial charge on any atom is 0.306 e. The fourth-order valence-corrected chi connectivity index (χ4v) is 1.98. The average Bonchev–Trinajstić information content (AvgIpc) is 2.19. The third-order valence-corrected chi connectivity index (χ3v) is 3.09. The first kappa shape index (κ1) is 12.8. The van der Waals surface area contributed by atoms with Crippen molar-refractivity contribution >= 4 is 21.9 Å². The highest BCUT2D eigenvalue weighted by molar-refractivity contribution is 9.09. The van der Waals surface area contributed by atoms with Crippen LogP contribution in [-0.4, -0.2) is 17.4 Å². The van der Waals surface area contributed by atoms with Crippen molar-refractivity contribution in [1.29, 1.82) is 0 Å². The maximum absolute atomic E-state index is 11.4. The minimum absolute atomic E-state index is 0.0380. The summed E-state index contributed by atoms with van der Waals surface area (Å²) in [7, 11) is 0. The lowest BCUT2D eigenvalue weighted by molar-refractivity contribution is -0.149. The Balaban J connectivity index is 2.23. The summed E-state index contributed by atoms with van der Waals surface area (Å²) < 4.78 is 5.44. The molecule has 15 heavy (non-hydrogen) atoms. The van der Waals surface area contributed by atoms with Crippen molar-refractivity contribution in [3.63, 3.8) is 0 Å². The third-order valence-electron chi connectivity index (χ3n) is 2.53. The molecule has 1 aliphatic rings. The zero-order valence-electron chi connectivity index (χ0n) is 9.08. The van der Waals surface area contributed by atoms with Crippen LogP contribution in [0.3, 0.4) is 0 Å². The Morgan fingerprint density at radius 1 is 1.33 bits per heavy atom. The number of allylic oxidation sites excluding steroid dienone is 2. The summed E-state index contributed by atoms with van der Waals surface area (Å²) in [5, 5.41) is 0.871. The average molecular weight is 275 g/mol. The van der Waals surface area contributed by atoms with Crippen LogP contribution in [0.15, 0.2) is 12.2 Å². The van der Waals surface area contributed by atoms with E-state index in [9.17, 15) is 4.79 Å². The molecule has 2 nitrogen and oxygen atoms in total. The fraction of sp³-hybridized carbons (Fsp3) is 0.750. The Labute approximate surface area is 100 Å². The van der Waals surface area contributed by atoms with E-state index in [0.717, 1.165) is 43.9 Å². The number of ether oxygens (including phenoxy) is 1. The summed E-state index contributed by atoms with van der Waals surface area (Å²) in [6.07, 6.45) is 11.3. The van der Waals surface area contributed by atoms with Gasteiger partial charge in [0.15, 0.2) is 0 Å². The van der Waals surface area contributed by atoms with Gasteiger partial charge in [-0.1, -0.05) is 28.1 Å². The Morgan fingerprint density at radius 3 is 2.93 bits per heavy atom. The smallest absolute Gasteiger partial charge is 0.306 e. The van der Waals surface area contributed by atoms with Crippen molar-refractivity contribution in [3.8, 4) is 0 Å². The summed E-state index contributed by atoms with van der Waals surface area (Å²) in [5.74, 6) is -0.0380. The standard InChI is InChI=1S/C12H19BrO2/c13-10-6-9-12(14)15-11-7-4-2-1-3-5-8-11/h1-2,11H,3-10H2. The van der Waals surface area contributed by atoms with Crippen molar-refractivity contribution < 1.29 is 9.53 Å². The molecule has 0 amide bonds. The van der Waals surface area contributed by atoms with E-state index in [-0.39, 0.29) is 12.1 Å². The first-order valence-electron chi connectivity index (χ1n) is 5.73. The predicted molar refractivity (Wildman–Crippen MR) is 65.1 cm³/mol. The molecule has 1 unspecified atom stereocenters. The molecule has 1 rings (SSSR count).